The van der Waals surface area contributed by atoms with E-state index in [4.69, 9.17) is 4.74 Å². The summed E-state index contributed by atoms with van der Waals surface area (Å²) < 4.78 is 7.03. The van der Waals surface area contributed by atoms with E-state index in [9.17, 15) is 19.5 Å². The van der Waals surface area contributed by atoms with Crippen LogP contribution in [0, 0.1) is 23.7 Å². The molecule has 1 aliphatic carbocycles. The van der Waals surface area contributed by atoms with Gasteiger partial charge in [-0.3, -0.25) is 14.4 Å². The van der Waals surface area contributed by atoms with E-state index in [1.165, 1.54) is 0 Å². The molecule has 3 aliphatic heterocycles. The third kappa shape index (κ3) is 5.22. The lowest BCUT2D eigenvalue weighted by atomic mass is 9.62. The van der Waals surface area contributed by atoms with Crippen molar-refractivity contribution in [2.24, 2.45) is 23.7 Å². The first-order valence-corrected chi connectivity index (χ1v) is 16.5. The highest BCUT2D eigenvalue weighted by atomic mass is 16.5. The van der Waals surface area contributed by atoms with E-state index in [0.29, 0.717) is 26.1 Å². The fourth-order valence-electron chi connectivity index (χ4n) is 8.81. The molecule has 3 heterocycles. The molecule has 1 N–H and O–H groups in total. The van der Waals surface area contributed by atoms with Crippen molar-refractivity contribution in [3.05, 3.63) is 61.2 Å². The number of nitrogens with zero attached hydrogens (tertiary/aromatic N) is 3. The molecule has 3 amide bonds. The van der Waals surface area contributed by atoms with Gasteiger partial charge in [-0.25, -0.2) is 0 Å². The largest absolute Gasteiger partial charge is 0.394 e. The van der Waals surface area contributed by atoms with Crippen LogP contribution in [0.1, 0.15) is 71.8 Å². The van der Waals surface area contributed by atoms with Gasteiger partial charge in [0.2, 0.25) is 17.7 Å². The standard InChI is InChI=1S/C36H51N3O5/c1-7-19-37(22-26-15-11-9-12-16-26)32(41)29-30-33(42)39(28(23-40)24(3)4)31(36(30)21-25(5)35(29,6)44-36)34(43)38(20-8-2)27-17-13-10-14-18-27/h7-9,11-12,15-16,24-25,27-31,40H,1-2,10,13-14,17-23H2,3-6H3/t25?,28-,29-,30-,31?,35+,36?/m0/s1. The number of rotatable bonds is 12. The predicted octanol–water partition coefficient (Wildman–Crippen LogP) is 4.58. The third-order valence-electron chi connectivity index (χ3n) is 11.1. The van der Waals surface area contributed by atoms with Crippen molar-refractivity contribution in [1.29, 1.82) is 0 Å². The number of likely N-dealkylation sites (tertiary alicyclic amines) is 1. The summed E-state index contributed by atoms with van der Waals surface area (Å²) in [5.41, 5.74) is -1.09. The summed E-state index contributed by atoms with van der Waals surface area (Å²) in [6.45, 7) is 16.6. The molecule has 1 aromatic carbocycles. The zero-order valence-electron chi connectivity index (χ0n) is 27.0. The highest BCUT2D eigenvalue weighted by Crippen LogP contribution is 2.66. The summed E-state index contributed by atoms with van der Waals surface area (Å²) in [4.78, 5) is 49.7. The number of carbonyl (C=O) groups is 3. The maximum atomic E-state index is 14.9. The number of ether oxygens (including phenoxy) is 1. The second-order valence-corrected chi connectivity index (χ2v) is 14.0. The molecule has 4 fully saturated rings. The number of benzene rings is 1. The smallest absolute Gasteiger partial charge is 0.248 e. The minimum Gasteiger partial charge on any atom is -0.394 e. The van der Waals surface area contributed by atoms with Gasteiger partial charge in [-0.2, -0.15) is 0 Å². The maximum absolute atomic E-state index is 14.9. The van der Waals surface area contributed by atoms with Crippen LogP contribution >= 0.6 is 0 Å². The predicted molar refractivity (Wildman–Crippen MR) is 170 cm³/mol. The Balaban J connectivity index is 1.60. The van der Waals surface area contributed by atoms with Gasteiger partial charge in [0.15, 0.2) is 0 Å². The number of carbonyl (C=O) groups excluding carboxylic acids is 3. The van der Waals surface area contributed by atoms with E-state index in [2.05, 4.69) is 20.1 Å². The minimum absolute atomic E-state index is 0.0614. The molecule has 3 unspecified atom stereocenters. The molecule has 240 valence electrons. The average molecular weight is 606 g/mol. The van der Waals surface area contributed by atoms with Crippen molar-refractivity contribution in [3.8, 4) is 0 Å². The molecule has 1 saturated carbocycles. The third-order valence-corrected chi connectivity index (χ3v) is 11.1. The van der Waals surface area contributed by atoms with E-state index < -0.39 is 35.1 Å². The molecule has 5 rings (SSSR count). The Hall–Kier alpha value is -2.97. The Labute approximate surface area is 263 Å². The van der Waals surface area contributed by atoms with Gasteiger partial charge in [-0.15, -0.1) is 13.2 Å². The number of hydrogen-bond acceptors (Lipinski definition) is 5. The summed E-state index contributed by atoms with van der Waals surface area (Å²) in [5.74, 6) is -2.32. The Bertz CT molecular complexity index is 1250. The number of amides is 3. The van der Waals surface area contributed by atoms with Crippen LogP contribution in [-0.4, -0.2) is 86.6 Å². The first kappa shape index (κ1) is 32.4. The second-order valence-electron chi connectivity index (χ2n) is 14.0. The van der Waals surface area contributed by atoms with Gasteiger partial charge < -0.3 is 24.5 Å². The molecule has 1 spiro atoms. The minimum atomic E-state index is -1.16. The normalized spacial score (nSPS) is 32.0. The number of fused-ring (bicyclic) bond motifs is 1. The SMILES string of the molecule is C=CCN(Cc1ccccc1)C(=O)[C@@H]1[C@H]2C(=O)N([C@@H](CO)C(C)C)C(C(=O)N(CC=C)C3CCCCC3)C23CC(C)[C@@]1(C)O3. The Morgan fingerprint density at radius 2 is 1.75 bits per heavy atom. The molecular formula is C36H51N3O5. The van der Waals surface area contributed by atoms with Crippen LogP contribution in [-0.2, 0) is 25.7 Å². The summed E-state index contributed by atoms with van der Waals surface area (Å²) in [6.07, 6.45) is 9.06. The van der Waals surface area contributed by atoms with Gasteiger partial charge in [-0.05, 0) is 43.6 Å². The second kappa shape index (κ2) is 12.8. The number of hydrogen-bond donors (Lipinski definition) is 1. The van der Waals surface area contributed by atoms with Crippen LogP contribution in [0.5, 0.6) is 0 Å². The van der Waals surface area contributed by atoms with Crippen LogP contribution in [0.25, 0.3) is 0 Å². The molecule has 1 aromatic rings. The molecule has 44 heavy (non-hydrogen) atoms. The lowest BCUT2D eigenvalue weighted by Gasteiger charge is -2.43. The van der Waals surface area contributed by atoms with Gasteiger partial charge >= 0.3 is 0 Å². The Morgan fingerprint density at radius 1 is 1.09 bits per heavy atom. The van der Waals surface area contributed by atoms with Gasteiger partial charge in [-0.1, -0.05) is 82.5 Å². The van der Waals surface area contributed by atoms with Crippen LogP contribution < -0.4 is 0 Å². The quantitative estimate of drug-likeness (QED) is 0.353. The Kier molecular flexibility index (Phi) is 9.43. The number of aliphatic hydroxyl groups excluding tert-OH is 1. The van der Waals surface area contributed by atoms with E-state index in [-0.39, 0.29) is 42.2 Å². The lowest BCUT2D eigenvalue weighted by molar-refractivity contribution is -0.160. The summed E-state index contributed by atoms with van der Waals surface area (Å²) in [6, 6.07) is 8.36. The van der Waals surface area contributed by atoms with Crippen LogP contribution in [0.2, 0.25) is 0 Å². The van der Waals surface area contributed by atoms with Crippen molar-refractivity contribution < 1.29 is 24.2 Å². The molecule has 0 radical (unpaired) electrons. The lowest BCUT2D eigenvalue weighted by Crippen LogP contribution is -2.61. The molecule has 3 saturated heterocycles. The molecular weight excluding hydrogens is 554 g/mol. The van der Waals surface area contributed by atoms with Crippen LogP contribution in [0.4, 0.5) is 0 Å². The van der Waals surface area contributed by atoms with Crippen molar-refractivity contribution in [2.45, 2.75) is 102 Å². The van der Waals surface area contributed by atoms with Crippen molar-refractivity contribution in [3.63, 3.8) is 0 Å². The van der Waals surface area contributed by atoms with E-state index in [1.54, 1.807) is 22.0 Å². The van der Waals surface area contributed by atoms with Gasteiger partial charge in [0.05, 0.1) is 30.1 Å². The monoisotopic (exact) mass is 605 g/mol. The van der Waals surface area contributed by atoms with Crippen molar-refractivity contribution in [1.82, 2.24) is 14.7 Å². The van der Waals surface area contributed by atoms with Crippen molar-refractivity contribution in [2.75, 3.05) is 19.7 Å². The highest BCUT2D eigenvalue weighted by Gasteiger charge is 2.80. The maximum Gasteiger partial charge on any atom is 0.248 e. The Morgan fingerprint density at radius 3 is 2.34 bits per heavy atom. The van der Waals surface area contributed by atoms with E-state index >= 15 is 0 Å². The molecule has 8 heteroatoms. The molecule has 7 atom stereocenters. The van der Waals surface area contributed by atoms with E-state index in [0.717, 1.165) is 37.7 Å². The zero-order valence-corrected chi connectivity index (χ0v) is 27.0. The molecule has 2 bridgehead atoms. The van der Waals surface area contributed by atoms with Gasteiger partial charge in [0, 0.05) is 25.7 Å². The van der Waals surface area contributed by atoms with Crippen LogP contribution in [0.15, 0.2) is 55.6 Å². The highest BCUT2D eigenvalue weighted by molar-refractivity contribution is 5.99. The first-order valence-electron chi connectivity index (χ1n) is 16.5. The first-order chi connectivity index (χ1) is 21.0. The summed E-state index contributed by atoms with van der Waals surface area (Å²) in [7, 11) is 0. The summed E-state index contributed by atoms with van der Waals surface area (Å²) in [5, 5.41) is 10.6. The average Bonchev–Trinajstić information content (AvgIpc) is 3.53. The number of aliphatic hydroxyl groups is 1. The summed E-state index contributed by atoms with van der Waals surface area (Å²) >= 11 is 0. The molecule has 4 aliphatic rings. The van der Waals surface area contributed by atoms with E-state index in [1.807, 2.05) is 56.0 Å². The van der Waals surface area contributed by atoms with Gasteiger partial charge in [0.1, 0.15) is 11.6 Å². The molecule has 8 nitrogen and oxygen atoms in total. The topological polar surface area (TPSA) is 90.4 Å². The zero-order chi connectivity index (χ0) is 31.8. The van der Waals surface area contributed by atoms with Crippen LogP contribution in [0.3, 0.4) is 0 Å². The van der Waals surface area contributed by atoms with Gasteiger partial charge in [0.25, 0.3) is 0 Å². The molecule has 0 aromatic heterocycles. The van der Waals surface area contributed by atoms with Crippen molar-refractivity contribution >= 4 is 17.7 Å². The fourth-order valence-corrected chi connectivity index (χ4v) is 8.81. The fraction of sp³-hybridized carbons (Fsp3) is 0.639.